The molecule has 132 valence electrons. The molecule has 0 radical (unpaired) electrons. The SMILES string of the molecule is O=C(CCc1ccccc1)Nc1nnc(SCC(=O)N2CCCC2)s1. The molecule has 0 aliphatic carbocycles. The van der Waals surface area contributed by atoms with Gasteiger partial charge in [-0.1, -0.05) is 53.4 Å². The average molecular weight is 377 g/mol. The first-order valence-electron chi connectivity index (χ1n) is 8.28. The number of thioether (sulfide) groups is 1. The molecule has 1 fully saturated rings. The lowest BCUT2D eigenvalue weighted by Gasteiger charge is -2.13. The largest absolute Gasteiger partial charge is 0.342 e. The number of aromatic nitrogens is 2. The Bertz CT molecular complexity index is 714. The molecule has 1 saturated heterocycles. The highest BCUT2D eigenvalue weighted by Crippen LogP contribution is 2.26. The third-order valence-electron chi connectivity index (χ3n) is 3.91. The number of anilines is 1. The number of benzene rings is 1. The van der Waals surface area contributed by atoms with Crippen LogP contribution in [0.3, 0.4) is 0 Å². The van der Waals surface area contributed by atoms with Crippen molar-refractivity contribution >= 4 is 40.0 Å². The summed E-state index contributed by atoms with van der Waals surface area (Å²) in [5.74, 6) is 0.437. The van der Waals surface area contributed by atoms with Crippen molar-refractivity contribution in [2.24, 2.45) is 0 Å². The number of hydrogen-bond acceptors (Lipinski definition) is 6. The number of rotatable bonds is 7. The predicted octanol–water partition coefficient (Wildman–Crippen LogP) is 2.82. The summed E-state index contributed by atoms with van der Waals surface area (Å²) >= 11 is 2.68. The lowest BCUT2D eigenvalue weighted by atomic mass is 10.1. The molecular weight excluding hydrogens is 356 g/mol. The Balaban J connectivity index is 1.41. The van der Waals surface area contributed by atoms with Gasteiger partial charge in [0.1, 0.15) is 0 Å². The quantitative estimate of drug-likeness (QED) is 0.594. The van der Waals surface area contributed by atoms with Gasteiger partial charge in [-0.25, -0.2) is 0 Å². The first-order valence-corrected chi connectivity index (χ1v) is 10.1. The standard InChI is InChI=1S/C17H20N4O2S2/c22-14(9-8-13-6-2-1-3-7-13)18-16-19-20-17(25-16)24-12-15(23)21-10-4-5-11-21/h1-3,6-7H,4-5,8-12H2,(H,18,19,22). The summed E-state index contributed by atoms with van der Waals surface area (Å²) in [7, 11) is 0. The van der Waals surface area contributed by atoms with Crippen LogP contribution in [-0.4, -0.2) is 45.8 Å². The van der Waals surface area contributed by atoms with Gasteiger partial charge < -0.3 is 10.2 Å². The Kier molecular flexibility index (Phi) is 6.41. The molecule has 3 rings (SSSR count). The van der Waals surface area contributed by atoms with Crippen LogP contribution in [0.2, 0.25) is 0 Å². The van der Waals surface area contributed by atoms with E-state index in [0.717, 1.165) is 31.5 Å². The first kappa shape index (κ1) is 17.9. The molecule has 1 aromatic carbocycles. The third kappa shape index (κ3) is 5.54. The zero-order valence-electron chi connectivity index (χ0n) is 13.8. The molecule has 0 atom stereocenters. The fourth-order valence-electron chi connectivity index (χ4n) is 2.58. The van der Waals surface area contributed by atoms with E-state index < -0.39 is 0 Å². The molecule has 0 bridgehead atoms. The molecule has 1 aromatic heterocycles. The molecule has 8 heteroatoms. The molecule has 1 N–H and O–H groups in total. The maximum Gasteiger partial charge on any atom is 0.233 e. The molecule has 6 nitrogen and oxygen atoms in total. The lowest BCUT2D eigenvalue weighted by molar-refractivity contribution is -0.127. The Morgan fingerprint density at radius 1 is 1.16 bits per heavy atom. The molecule has 25 heavy (non-hydrogen) atoms. The van der Waals surface area contributed by atoms with Gasteiger partial charge in [0.15, 0.2) is 4.34 Å². The number of nitrogens with one attached hydrogen (secondary N) is 1. The highest BCUT2D eigenvalue weighted by molar-refractivity contribution is 8.01. The smallest absolute Gasteiger partial charge is 0.233 e. The van der Waals surface area contributed by atoms with E-state index in [1.54, 1.807) is 0 Å². The van der Waals surface area contributed by atoms with Crippen LogP contribution >= 0.6 is 23.1 Å². The minimum absolute atomic E-state index is 0.0790. The Hall–Kier alpha value is -1.93. The summed E-state index contributed by atoms with van der Waals surface area (Å²) in [6.45, 7) is 1.72. The third-order valence-corrected chi connectivity index (χ3v) is 5.87. The van der Waals surface area contributed by atoms with Gasteiger partial charge in [-0.2, -0.15) is 0 Å². The van der Waals surface area contributed by atoms with Crippen LogP contribution in [0.1, 0.15) is 24.8 Å². The summed E-state index contributed by atoms with van der Waals surface area (Å²) in [6, 6.07) is 9.89. The van der Waals surface area contributed by atoms with Crippen LogP contribution in [0.15, 0.2) is 34.7 Å². The van der Waals surface area contributed by atoms with Crippen LogP contribution in [0.25, 0.3) is 0 Å². The van der Waals surface area contributed by atoms with Gasteiger partial charge in [0.25, 0.3) is 0 Å². The van der Waals surface area contributed by atoms with Crippen molar-refractivity contribution in [1.29, 1.82) is 0 Å². The van der Waals surface area contributed by atoms with Gasteiger partial charge in [-0.3, -0.25) is 9.59 Å². The van der Waals surface area contributed by atoms with E-state index in [0.29, 0.717) is 28.1 Å². The highest BCUT2D eigenvalue weighted by atomic mass is 32.2. The van der Waals surface area contributed by atoms with Gasteiger partial charge in [-0.15, -0.1) is 10.2 Å². The van der Waals surface area contributed by atoms with Gasteiger partial charge in [0.05, 0.1) is 5.75 Å². The van der Waals surface area contributed by atoms with Crippen LogP contribution in [0.5, 0.6) is 0 Å². The molecular formula is C17H20N4O2S2. The van der Waals surface area contributed by atoms with Gasteiger partial charge in [0, 0.05) is 19.5 Å². The van der Waals surface area contributed by atoms with Crippen LogP contribution in [0.4, 0.5) is 5.13 Å². The number of likely N-dealkylation sites (tertiary alicyclic amines) is 1. The molecule has 0 unspecified atom stereocenters. The molecule has 1 aliphatic heterocycles. The normalized spacial score (nSPS) is 13.8. The first-order chi connectivity index (χ1) is 12.2. The second-order valence-corrected chi connectivity index (χ2v) is 7.98. The van der Waals surface area contributed by atoms with Crippen LogP contribution in [-0.2, 0) is 16.0 Å². The fraction of sp³-hybridized carbons (Fsp3) is 0.412. The van der Waals surface area contributed by atoms with E-state index >= 15 is 0 Å². The maximum absolute atomic E-state index is 12.0. The summed E-state index contributed by atoms with van der Waals surface area (Å²) in [5, 5.41) is 11.3. The minimum Gasteiger partial charge on any atom is -0.342 e. The maximum atomic E-state index is 12.0. The molecule has 2 heterocycles. The lowest BCUT2D eigenvalue weighted by Crippen LogP contribution is -2.29. The van der Waals surface area contributed by atoms with Crippen molar-refractivity contribution in [3.63, 3.8) is 0 Å². The fourth-order valence-corrected chi connectivity index (χ4v) is 4.26. The number of carbonyl (C=O) groups excluding carboxylic acids is 2. The number of amides is 2. The van der Waals surface area contributed by atoms with Gasteiger partial charge in [0.2, 0.25) is 16.9 Å². The zero-order valence-corrected chi connectivity index (χ0v) is 15.4. The second-order valence-electron chi connectivity index (χ2n) is 5.78. The van der Waals surface area contributed by atoms with Crippen molar-refractivity contribution < 1.29 is 9.59 Å². The molecule has 1 aliphatic rings. The Morgan fingerprint density at radius 3 is 2.68 bits per heavy atom. The molecule has 0 saturated carbocycles. The monoisotopic (exact) mass is 376 g/mol. The topological polar surface area (TPSA) is 75.2 Å². The van der Waals surface area contributed by atoms with E-state index in [2.05, 4.69) is 15.5 Å². The number of aryl methyl sites for hydroxylation is 1. The number of nitrogens with zero attached hydrogens (tertiary/aromatic N) is 3. The van der Waals surface area contributed by atoms with E-state index in [1.165, 1.54) is 23.1 Å². The van der Waals surface area contributed by atoms with E-state index in [4.69, 9.17) is 0 Å². The predicted molar refractivity (Wildman–Crippen MR) is 99.8 cm³/mol. The molecule has 2 amide bonds. The number of hydrogen-bond donors (Lipinski definition) is 1. The average Bonchev–Trinajstić information content (AvgIpc) is 3.31. The summed E-state index contributed by atoms with van der Waals surface area (Å²) in [6.07, 6.45) is 3.28. The minimum atomic E-state index is -0.0790. The van der Waals surface area contributed by atoms with Crippen molar-refractivity contribution in [3.05, 3.63) is 35.9 Å². The van der Waals surface area contributed by atoms with Crippen molar-refractivity contribution in [1.82, 2.24) is 15.1 Å². The van der Waals surface area contributed by atoms with Gasteiger partial charge >= 0.3 is 0 Å². The Morgan fingerprint density at radius 2 is 1.92 bits per heavy atom. The highest BCUT2D eigenvalue weighted by Gasteiger charge is 2.18. The zero-order chi connectivity index (χ0) is 17.5. The van der Waals surface area contributed by atoms with Crippen molar-refractivity contribution in [2.45, 2.75) is 30.0 Å². The Labute approximate surface area is 155 Å². The van der Waals surface area contributed by atoms with E-state index in [-0.39, 0.29) is 11.8 Å². The summed E-state index contributed by atoms with van der Waals surface area (Å²) in [4.78, 5) is 25.9. The second kappa shape index (κ2) is 8.96. The van der Waals surface area contributed by atoms with Crippen LogP contribution in [0, 0.1) is 0 Å². The van der Waals surface area contributed by atoms with Crippen LogP contribution < -0.4 is 5.32 Å². The van der Waals surface area contributed by atoms with Crippen molar-refractivity contribution in [3.8, 4) is 0 Å². The molecule has 0 spiro atoms. The van der Waals surface area contributed by atoms with E-state index in [9.17, 15) is 9.59 Å². The summed E-state index contributed by atoms with van der Waals surface area (Å²) in [5.41, 5.74) is 1.13. The van der Waals surface area contributed by atoms with Crippen molar-refractivity contribution in [2.75, 3.05) is 24.2 Å². The van der Waals surface area contributed by atoms with E-state index in [1.807, 2.05) is 35.2 Å². The summed E-state index contributed by atoms with van der Waals surface area (Å²) < 4.78 is 0.700. The molecule has 2 aromatic rings. The van der Waals surface area contributed by atoms with Gasteiger partial charge in [-0.05, 0) is 24.8 Å². The number of carbonyl (C=O) groups is 2.